The van der Waals surface area contributed by atoms with E-state index in [2.05, 4.69) is 0 Å². The van der Waals surface area contributed by atoms with Crippen LogP contribution in [0.1, 0.15) is 19.3 Å². The number of fused-ring (bicyclic) bond motifs is 1. The quantitative estimate of drug-likeness (QED) is 0.507. The molecule has 8 fully saturated rings. The molecule has 7 atom stereocenters. The maximum Gasteiger partial charge on any atom is -0.0193 e. The fourth-order valence-electron chi connectivity index (χ4n) is 7.50. The van der Waals surface area contributed by atoms with E-state index in [-0.39, 0.29) is 0 Å². The molecule has 0 N–H and O–H groups in total. The zero-order chi connectivity index (χ0) is 7.24. The van der Waals surface area contributed by atoms with Crippen LogP contribution in [-0.2, 0) is 0 Å². The lowest BCUT2D eigenvalue weighted by atomic mass is 9.51. The van der Waals surface area contributed by atoms with Crippen molar-refractivity contribution in [3.8, 4) is 0 Å². The van der Waals surface area contributed by atoms with Gasteiger partial charge in [0.2, 0.25) is 0 Å². The van der Waals surface area contributed by atoms with Gasteiger partial charge in [0, 0.05) is 0 Å². The highest BCUT2D eigenvalue weighted by atomic mass is 15.0. The molecule has 4 bridgehead atoms. The number of hydrogen-bond acceptors (Lipinski definition) is 0. The van der Waals surface area contributed by atoms with Crippen LogP contribution in [0.4, 0.5) is 0 Å². The Kier molecular flexibility index (Phi) is 0.423. The maximum absolute atomic E-state index is 1.71. The average Bonchev–Trinajstić information content (AvgIpc) is 2.51. The second kappa shape index (κ2) is 1.01. The van der Waals surface area contributed by atoms with Crippen LogP contribution >= 0.6 is 0 Å². The molecule has 0 heteroatoms. The Morgan fingerprint density at radius 3 is 2.25 bits per heavy atom. The highest BCUT2D eigenvalue weighted by Gasteiger charge is 2.97. The Morgan fingerprint density at radius 1 is 0.750 bits per heavy atom. The largest absolute Gasteiger partial charge is 0.0496 e. The standard InChI is InChI=1S/C12H14/c1-2-5-7-4(1)9(5)12-3-6-8(7)11(12)10(6)12/h4-11H,1-3H2. The normalized spacial score (nSPS) is 94.0. The van der Waals surface area contributed by atoms with Crippen LogP contribution in [0.5, 0.6) is 0 Å². The molecule has 0 nitrogen and oxygen atoms in total. The SMILES string of the molecule is C1CC2C3C1C2C12CC4C3C1C42. The van der Waals surface area contributed by atoms with E-state index in [1.807, 2.05) is 0 Å². The van der Waals surface area contributed by atoms with Crippen LogP contribution in [-0.4, -0.2) is 0 Å². The van der Waals surface area contributed by atoms with Crippen LogP contribution in [0.25, 0.3) is 0 Å². The zero-order valence-electron chi connectivity index (χ0n) is 7.24. The third kappa shape index (κ3) is 0.211. The Balaban J connectivity index is 1.73. The fourth-order valence-corrected chi connectivity index (χ4v) is 7.50. The first-order chi connectivity index (χ1) is 5.94. The van der Waals surface area contributed by atoms with Crippen molar-refractivity contribution in [3.63, 3.8) is 0 Å². The van der Waals surface area contributed by atoms with E-state index < -0.39 is 0 Å². The second-order valence-electron chi connectivity index (χ2n) is 6.62. The Morgan fingerprint density at radius 2 is 1.58 bits per heavy atom. The molecule has 0 heterocycles. The van der Waals surface area contributed by atoms with E-state index >= 15 is 0 Å². The van der Waals surface area contributed by atoms with Gasteiger partial charge in [0.15, 0.2) is 0 Å². The third-order valence-electron chi connectivity index (χ3n) is 7.29. The second-order valence-corrected chi connectivity index (χ2v) is 6.62. The van der Waals surface area contributed by atoms with Crippen molar-refractivity contribution in [3.05, 3.63) is 0 Å². The van der Waals surface area contributed by atoms with Gasteiger partial charge in [0.05, 0.1) is 0 Å². The lowest BCUT2D eigenvalue weighted by molar-refractivity contribution is -0.0697. The summed E-state index contributed by atoms with van der Waals surface area (Å²) in [5, 5.41) is 0. The van der Waals surface area contributed by atoms with Gasteiger partial charge < -0.3 is 0 Å². The van der Waals surface area contributed by atoms with Crippen LogP contribution in [0.3, 0.4) is 0 Å². The molecule has 0 saturated heterocycles. The molecule has 7 unspecified atom stereocenters. The summed E-state index contributed by atoms with van der Waals surface area (Å²) in [7, 11) is 0. The highest BCUT2D eigenvalue weighted by molar-refractivity contribution is 5.43. The van der Waals surface area contributed by atoms with E-state index in [0.717, 1.165) is 5.41 Å². The Labute approximate surface area is 72.7 Å². The third-order valence-corrected chi connectivity index (χ3v) is 7.29. The lowest BCUT2D eigenvalue weighted by Crippen LogP contribution is -2.50. The van der Waals surface area contributed by atoms with Gasteiger partial charge in [-0.2, -0.15) is 0 Å². The Bertz CT molecular complexity index is 321. The van der Waals surface area contributed by atoms with Crippen LogP contribution in [0.2, 0.25) is 0 Å². The van der Waals surface area contributed by atoms with Crippen molar-refractivity contribution in [1.29, 1.82) is 0 Å². The predicted molar refractivity (Wildman–Crippen MR) is 44.2 cm³/mol. The molecular weight excluding hydrogens is 144 g/mol. The van der Waals surface area contributed by atoms with Crippen LogP contribution in [0, 0.1) is 52.8 Å². The summed E-state index contributed by atoms with van der Waals surface area (Å²) in [4.78, 5) is 0. The van der Waals surface area contributed by atoms with Gasteiger partial charge >= 0.3 is 0 Å². The molecular formula is C12H14. The minimum Gasteiger partial charge on any atom is -0.0496 e. The van der Waals surface area contributed by atoms with Crippen molar-refractivity contribution < 1.29 is 0 Å². The van der Waals surface area contributed by atoms with Crippen molar-refractivity contribution in [2.45, 2.75) is 19.3 Å². The molecule has 0 amide bonds. The molecule has 0 aromatic carbocycles. The molecule has 0 radical (unpaired) electrons. The van der Waals surface area contributed by atoms with Gasteiger partial charge in [-0.25, -0.2) is 0 Å². The molecule has 8 aliphatic carbocycles. The van der Waals surface area contributed by atoms with Gasteiger partial charge in [-0.1, -0.05) is 0 Å². The minimum absolute atomic E-state index is 1.05. The van der Waals surface area contributed by atoms with E-state index in [1.54, 1.807) is 19.3 Å². The van der Waals surface area contributed by atoms with Crippen molar-refractivity contribution in [2.75, 3.05) is 0 Å². The molecule has 0 aromatic rings. The van der Waals surface area contributed by atoms with E-state index in [9.17, 15) is 0 Å². The first kappa shape index (κ1) is 5.02. The lowest BCUT2D eigenvalue weighted by Gasteiger charge is -2.54. The van der Waals surface area contributed by atoms with Crippen molar-refractivity contribution in [2.24, 2.45) is 52.8 Å². The fraction of sp³-hybridized carbons (Fsp3) is 1.00. The predicted octanol–water partition coefficient (Wildman–Crippen LogP) is 2.15. The first-order valence-electron chi connectivity index (χ1n) is 5.94. The van der Waals surface area contributed by atoms with E-state index in [4.69, 9.17) is 0 Å². The van der Waals surface area contributed by atoms with Gasteiger partial charge in [0.1, 0.15) is 0 Å². The molecule has 8 rings (SSSR count). The summed E-state index contributed by atoms with van der Waals surface area (Å²) >= 11 is 0. The maximum atomic E-state index is 1.71. The van der Waals surface area contributed by atoms with E-state index in [1.165, 1.54) is 47.3 Å². The van der Waals surface area contributed by atoms with Gasteiger partial charge in [-0.15, -0.1) is 0 Å². The van der Waals surface area contributed by atoms with Crippen LogP contribution < -0.4 is 0 Å². The summed E-state index contributed by atoms with van der Waals surface area (Å²) in [5.74, 6) is 10.4. The first-order valence-corrected chi connectivity index (χ1v) is 5.94. The molecule has 1 spiro atoms. The van der Waals surface area contributed by atoms with Gasteiger partial charge in [-0.3, -0.25) is 0 Å². The summed E-state index contributed by atoms with van der Waals surface area (Å²) < 4.78 is 0. The van der Waals surface area contributed by atoms with E-state index in [0.29, 0.717) is 0 Å². The van der Waals surface area contributed by atoms with Gasteiger partial charge in [-0.05, 0) is 72.0 Å². The minimum atomic E-state index is 1.05. The molecule has 8 saturated carbocycles. The average molecular weight is 158 g/mol. The monoisotopic (exact) mass is 158 g/mol. The molecule has 12 heavy (non-hydrogen) atoms. The molecule has 62 valence electrons. The topological polar surface area (TPSA) is 0 Å². The number of rotatable bonds is 0. The van der Waals surface area contributed by atoms with Gasteiger partial charge in [0.25, 0.3) is 0 Å². The zero-order valence-corrected chi connectivity index (χ0v) is 7.24. The Hall–Kier alpha value is 0. The summed E-state index contributed by atoms with van der Waals surface area (Å²) in [6.07, 6.45) is 5.00. The number of hydrogen-bond donors (Lipinski definition) is 0. The molecule has 0 aliphatic heterocycles. The van der Waals surface area contributed by atoms with Crippen molar-refractivity contribution in [1.82, 2.24) is 0 Å². The smallest absolute Gasteiger partial charge is 0.0193 e. The van der Waals surface area contributed by atoms with Crippen LogP contribution in [0.15, 0.2) is 0 Å². The molecule has 0 aromatic heterocycles. The molecule has 8 aliphatic rings. The summed E-state index contributed by atoms with van der Waals surface area (Å²) in [6.45, 7) is 0. The van der Waals surface area contributed by atoms with Crippen molar-refractivity contribution >= 4 is 0 Å². The highest BCUT2D eigenvalue weighted by Crippen LogP contribution is 3.01. The summed E-state index contributed by atoms with van der Waals surface area (Å²) in [6, 6.07) is 0. The summed E-state index contributed by atoms with van der Waals surface area (Å²) in [5.41, 5.74) is 1.05.